The first-order valence-corrected chi connectivity index (χ1v) is 8.02. The number of hydrogen-bond acceptors (Lipinski definition) is 5. The Labute approximate surface area is 141 Å². The number of hydrogen-bond donors (Lipinski definition) is 2. The van der Waals surface area contributed by atoms with Crippen LogP contribution >= 0.6 is 0 Å². The molecule has 6 heteroatoms. The van der Waals surface area contributed by atoms with Gasteiger partial charge < -0.3 is 14.7 Å². The molecule has 0 aliphatic rings. The van der Waals surface area contributed by atoms with E-state index in [-0.39, 0.29) is 5.75 Å². The van der Waals surface area contributed by atoms with Crippen LogP contribution in [0.4, 0.5) is 5.82 Å². The van der Waals surface area contributed by atoms with Gasteiger partial charge in [-0.05, 0) is 43.7 Å². The molecule has 0 unspecified atom stereocenters. The molecule has 0 spiro atoms. The van der Waals surface area contributed by atoms with Gasteiger partial charge >= 0.3 is 0 Å². The summed E-state index contributed by atoms with van der Waals surface area (Å²) >= 11 is 0. The van der Waals surface area contributed by atoms with Crippen molar-refractivity contribution >= 4 is 16.7 Å². The molecule has 0 amide bonds. The molecule has 0 aliphatic heterocycles. The number of fused-ring (bicyclic) bond motifs is 1. The van der Waals surface area contributed by atoms with Gasteiger partial charge in [0.25, 0.3) is 0 Å². The number of rotatable bonds is 6. The highest BCUT2D eigenvalue weighted by Gasteiger charge is 2.13. The number of aromatic hydroxyl groups is 1. The van der Waals surface area contributed by atoms with Crippen LogP contribution in [-0.2, 0) is 4.74 Å². The number of methoxy groups -OCH3 is 1. The van der Waals surface area contributed by atoms with E-state index in [4.69, 9.17) is 4.74 Å². The molecule has 0 saturated carbocycles. The standard InChI is InChI=1S/C18H22N4O2/c1-4-22(7-8-24-3)17-10-13(5-6-19-17)18-14-11-16(23)12(2)9-15(14)20-21-18/h5-6,9-11,23H,4,7-8H2,1-3H3,(H,20,21). The summed E-state index contributed by atoms with van der Waals surface area (Å²) in [5, 5.41) is 18.4. The van der Waals surface area contributed by atoms with Crippen LogP contribution in [0.2, 0.25) is 0 Å². The molecule has 0 atom stereocenters. The fourth-order valence-electron chi connectivity index (χ4n) is 2.76. The first-order chi connectivity index (χ1) is 11.6. The summed E-state index contributed by atoms with van der Waals surface area (Å²) < 4.78 is 5.17. The van der Waals surface area contributed by atoms with Crippen LogP contribution in [0, 0.1) is 6.92 Å². The van der Waals surface area contributed by atoms with E-state index in [1.54, 1.807) is 19.4 Å². The number of ether oxygens (including phenoxy) is 1. The monoisotopic (exact) mass is 326 g/mol. The van der Waals surface area contributed by atoms with Gasteiger partial charge in [-0.3, -0.25) is 5.10 Å². The summed E-state index contributed by atoms with van der Waals surface area (Å²) in [6.07, 6.45) is 1.79. The van der Waals surface area contributed by atoms with Gasteiger partial charge in [-0.1, -0.05) is 0 Å². The van der Waals surface area contributed by atoms with Gasteiger partial charge in [0, 0.05) is 37.3 Å². The van der Waals surface area contributed by atoms with E-state index in [0.717, 1.165) is 46.6 Å². The third kappa shape index (κ3) is 3.05. The molecule has 3 aromatic rings. The number of phenolic OH excluding ortho intramolecular Hbond substituents is 1. The molecule has 0 bridgehead atoms. The van der Waals surface area contributed by atoms with Crippen LogP contribution < -0.4 is 4.90 Å². The molecule has 0 aliphatic carbocycles. The lowest BCUT2D eigenvalue weighted by Crippen LogP contribution is -2.27. The number of nitrogens with zero attached hydrogens (tertiary/aromatic N) is 3. The Morgan fingerprint density at radius 3 is 2.88 bits per heavy atom. The van der Waals surface area contributed by atoms with Gasteiger partial charge in [0.05, 0.1) is 12.1 Å². The van der Waals surface area contributed by atoms with Crippen molar-refractivity contribution in [3.63, 3.8) is 0 Å². The summed E-state index contributed by atoms with van der Waals surface area (Å²) in [4.78, 5) is 6.62. The van der Waals surface area contributed by atoms with Crippen molar-refractivity contribution in [2.75, 3.05) is 31.7 Å². The second-order valence-electron chi connectivity index (χ2n) is 5.73. The predicted octanol–water partition coefficient (Wildman–Crippen LogP) is 3.11. The fraction of sp³-hybridized carbons (Fsp3) is 0.333. The SMILES string of the molecule is CCN(CCOC)c1cc(-c2n[nH]c3cc(C)c(O)cc23)ccn1. The Bertz CT molecular complexity index is 844. The summed E-state index contributed by atoms with van der Waals surface area (Å²) in [5.41, 5.74) is 3.51. The Hall–Kier alpha value is -2.60. The predicted molar refractivity (Wildman–Crippen MR) is 95.5 cm³/mol. The van der Waals surface area contributed by atoms with E-state index in [1.807, 2.05) is 25.1 Å². The first kappa shape index (κ1) is 16.3. The highest BCUT2D eigenvalue weighted by molar-refractivity contribution is 5.94. The minimum absolute atomic E-state index is 0.273. The maximum absolute atomic E-state index is 10.0. The summed E-state index contributed by atoms with van der Waals surface area (Å²) in [6.45, 7) is 6.24. The van der Waals surface area contributed by atoms with Crippen LogP contribution in [-0.4, -0.2) is 47.1 Å². The number of nitrogens with one attached hydrogen (secondary N) is 1. The zero-order valence-corrected chi connectivity index (χ0v) is 14.2. The van der Waals surface area contributed by atoms with E-state index >= 15 is 0 Å². The third-order valence-electron chi connectivity index (χ3n) is 4.17. The molecule has 3 rings (SSSR count). The van der Waals surface area contributed by atoms with E-state index in [2.05, 4.69) is 27.0 Å². The first-order valence-electron chi connectivity index (χ1n) is 8.02. The number of H-pyrrole nitrogens is 1. The number of phenols is 1. The highest BCUT2D eigenvalue weighted by atomic mass is 16.5. The van der Waals surface area contributed by atoms with Crippen molar-refractivity contribution < 1.29 is 9.84 Å². The number of aromatic amines is 1. The lowest BCUT2D eigenvalue weighted by Gasteiger charge is -2.21. The molecular weight excluding hydrogens is 304 g/mol. The number of anilines is 1. The van der Waals surface area contributed by atoms with Crippen LogP contribution in [0.5, 0.6) is 5.75 Å². The van der Waals surface area contributed by atoms with E-state index < -0.39 is 0 Å². The molecule has 2 heterocycles. The molecular formula is C18H22N4O2. The van der Waals surface area contributed by atoms with Gasteiger partial charge in [-0.25, -0.2) is 4.98 Å². The molecule has 6 nitrogen and oxygen atoms in total. The molecule has 0 fully saturated rings. The lowest BCUT2D eigenvalue weighted by atomic mass is 10.1. The zero-order chi connectivity index (χ0) is 17.1. The average molecular weight is 326 g/mol. The van der Waals surface area contributed by atoms with Gasteiger partial charge in [0.1, 0.15) is 17.3 Å². The Morgan fingerprint density at radius 1 is 1.29 bits per heavy atom. The van der Waals surface area contributed by atoms with Crippen LogP contribution in [0.1, 0.15) is 12.5 Å². The quantitative estimate of drug-likeness (QED) is 0.728. The normalized spacial score (nSPS) is 11.1. The van der Waals surface area contributed by atoms with Crippen molar-refractivity contribution in [1.82, 2.24) is 15.2 Å². The Balaban J connectivity index is 2.01. The minimum atomic E-state index is 0.273. The van der Waals surface area contributed by atoms with Gasteiger partial charge in [0.2, 0.25) is 0 Å². The minimum Gasteiger partial charge on any atom is -0.508 e. The van der Waals surface area contributed by atoms with E-state index in [9.17, 15) is 5.11 Å². The molecule has 24 heavy (non-hydrogen) atoms. The second-order valence-corrected chi connectivity index (χ2v) is 5.73. The van der Waals surface area contributed by atoms with Crippen molar-refractivity contribution in [1.29, 1.82) is 0 Å². The third-order valence-corrected chi connectivity index (χ3v) is 4.17. The van der Waals surface area contributed by atoms with Gasteiger partial charge in [-0.15, -0.1) is 0 Å². The maximum Gasteiger partial charge on any atom is 0.129 e. The molecule has 0 saturated heterocycles. The summed E-state index contributed by atoms with van der Waals surface area (Å²) in [6, 6.07) is 7.61. The van der Waals surface area contributed by atoms with Gasteiger partial charge in [0.15, 0.2) is 0 Å². The molecule has 0 radical (unpaired) electrons. The highest BCUT2D eigenvalue weighted by Crippen LogP contribution is 2.31. The van der Waals surface area contributed by atoms with Crippen LogP contribution in [0.15, 0.2) is 30.5 Å². The van der Waals surface area contributed by atoms with Gasteiger partial charge in [-0.2, -0.15) is 5.10 Å². The van der Waals surface area contributed by atoms with Crippen LogP contribution in [0.3, 0.4) is 0 Å². The zero-order valence-electron chi connectivity index (χ0n) is 14.2. The molecule has 2 N–H and O–H groups in total. The van der Waals surface area contributed by atoms with Crippen molar-refractivity contribution in [3.8, 4) is 17.0 Å². The molecule has 2 aromatic heterocycles. The Morgan fingerprint density at radius 2 is 2.12 bits per heavy atom. The number of pyridine rings is 1. The van der Waals surface area contributed by atoms with Crippen molar-refractivity contribution in [2.45, 2.75) is 13.8 Å². The summed E-state index contributed by atoms with van der Waals surface area (Å²) in [7, 11) is 1.70. The van der Waals surface area contributed by atoms with Crippen molar-refractivity contribution in [2.24, 2.45) is 0 Å². The number of likely N-dealkylation sites (N-methyl/N-ethyl adjacent to an activating group) is 1. The van der Waals surface area contributed by atoms with E-state index in [0.29, 0.717) is 6.61 Å². The molecule has 1 aromatic carbocycles. The Kier molecular flexibility index (Phi) is 4.66. The average Bonchev–Trinajstić information content (AvgIpc) is 2.99. The number of benzene rings is 1. The van der Waals surface area contributed by atoms with E-state index in [1.165, 1.54) is 0 Å². The largest absolute Gasteiger partial charge is 0.508 e. The molecule has 126 valence electrons. The summed E-state index contributed by atoms with van der Waals surface area (Å²) in [5.74, 6) is 1.16. The van der Waals surface area contributed by atoms with Crippen molar-refractivity contribution in [3.05, 3.63) is 36.0 Å². The smallest absolute Gasteiger partial charge is 0.129 e. The van der Waals surface area contributed by atoms with Crippen LogP contribution in [0.25, 0.3) is 22.2 Å². The topological polar surface area (TPSA) is 74.3 Å². The number of aromatic nitrogens is 3. The second kappa shape index (κ2) is 6.88. The fourth-order valence-corrected chi connectivity index (χ4v) is 2.76. The lowest BCUT2D eigenvalue weighted by molar-refractivity contribution is 0.205. The maximum atomic E-state index is 10.0. The number of aryl methyl sites for hydroxylation is 1.